The fourth-order valence-corrected chi connectivity index (χ4v) is 1.65. The third-order valence-corrected chi connectivity index (χ3v) is 2.74. The third-order valence-electron chi connectivity index (χ3n) is 2.74. The molecule has 0 unspecified atom stereocenters. The van der Waals surface area contributed by atoms with Crippen LogP contribution in [0.1, 0.15) is 19.7 Å². The van der Waals surface area contributed by atoms with Crippen molar-refractivity contribution < 1.29 is 14.7 Å². The first-order valence-electron chi connectivity index (χ1n) is 6.14. The minimum atomic E-state index is -1.02. The van der Waals surface area contributed by atoms with Crippen molar-refractivity contribution in [3.63, 3.8) is 0 Å². The summed E-state index contributed by atoms with van der Waals surface area (Å²) in [5.41, 5.74) is 0. The first kappa shape index (κ1) is 15.0. The van der Waals surface area contributed by atoms with E-state index >= 15 is 0 Å². The molecule has 0 spiro atoms. The summed E-state index contributed by atoms with van der Waals surface area (Å²) in [5, 5.41) is 11.5. The van der Waals surface area contributed by atoms with Gasteiger partial charge in [0.25, 0.3) is 0 Å². The first-order chi connectivity index (χ1) is 8.91. The Morgan fingerprint density at radius 2 is 2.21 bits per heavy atom. The van der Waals surface area contributed by atoms with Gasteiger partial charge in [0.2, 0.25) is 0 Å². The summed E-state index contributed by atoms with van der Waals surface area (Å²) in [6.45, 7) is 3.68. The summed E-state index contributed by atoms with van der Waals surface area (Å²) in [4.78, 5) is 28.0. The molecule has 2 amide bonds. The number of nitrogens with one attached hydrogen (secondary N) is 1. The predicted molar refractivity (Wildman–Crippen MR) is 69.8 cm³/mol. The smallest absolute Gasteiger partial charge is 0.323 e. The van der Waals surface area contributed by atoms with Crippen molar-refractivity contribution in [2.75, 3.05) is 13.1 Å². The maximum absolute atomic E-state index is 11.9. The fourth-order valence-electron chi connectivity index (χ4n) is 1.65. The second-order valence-electron chi connectivity index (χ2n) is 4.55. The number of hydrogen-bond donors (Lipinski definition) is 2. The van der Waals surface area contributed by atoms with Crippen LogP contribution in [0.5, 0.6) is 0 Å². The highest BCUT2D eigenvalue weighted by atomic mass is 16.4. The Bertz CT molecular complexity index is 442. The first-order valence-corrected chi connectivity index (χ1v) is 6.14. The van der Waals surface area contributed by atoms with Gasteiger partial charge in [-0.15, -0.1) is 0 Å². The molecule has 7 nitrogen and oxygen atoms in total. The maximum Gasteiger partial charge on any atom is 0.323 e. The number of amides is 2. The van der Waals surface area contributed by atoms with Crippen molar-refractivity contribution in [1.29, 1.82) is 0 Å². The van der Waals surface area contributed by atoms with Crippen molar-refractivity contribution in [3.8, 4) is 0 Å². The van der Waals surface area contributed by atoms with Crippen LogP contribution in [0.25, 0.3) is 0 Å². The Labute approximate surface area is 112 Å². The lowest BCUT2D eigenvalue weighted by molar-refractivity contribution is -0.138. The average Bonchev–Trinajstić information content (AvgIpc) is 2.71. The van der Waals surface area contributed by atoms with Gasteiger partial charge in [-0.3, -0.25) is 4.79 Å². The number of carbonyl (C=O) groups excluding carboxylic acids is 1. The number of hydrogen-bond acceptors (Lipinski definition) is 3. The quantitative estimate of drug-likeness (QED) is 0.785. The van der Waals surface area contributed by atoms with E-state index in [1.807, 2.05) is 17.8 Å². The summed E-state index contributed by atoms with van der Waals surface area (Å²) in [5.74, 6) is -0.150. The number of urea groups is 1. The molecule has 1 rings (SSSR count). The lowest BCUT2D eigenvalue weighted by Gasteiger charge is -2.25. The topological polar surface area (TPSA) is 87.5 Å². The van der Waals surface area contributed by atoms with Crippen LogP contribution in [0.3, 0.4) is 0 Å². The van der Waals surface area contributed by atoms with E-state index in [0.717, 1.165) is 5.82 Å². The highest BCUT2D eigenvalue weighted by molar-refractivity contribution is 5.80. The average molecular weight is 268 g/mol. The number of rotatable bonds is 6. The van der Waals surface area contributed by atoms with Crippen LogP contribution in [0.4, 0.5) is 4.79 Å². The van der Waals surface area contributed by atoms with Crippen LogP contribution in [0.2, 0.25) is 0 Å². The van der Waals surface area contributed by atoms with Crippen molar-refractivity contribution in [2.45, 2.75) is 26.3 Å². The van der Waals surface area contributed by atoms with Gasteiger partial charge in [-0.2, -0.15) is 0 Å². The monoisotopic (exact) mass is 268 g/mol. The molecule has 0 aliphatic heterocycles. The molecule has 0 aromatic carbocycles. The summed E-state index contributed by atoms with van der Waals surface area (Å²) in [6.07, 6.45) is 4.14. The maximum atomic E-state index is 11.9. The van der Waals surface area contributed by atoms with E-state index in [-0.39, 0.29) is 18.6 Å². The predicted octanol–water partition coefficient (Wildman–Crippen LogP) is 0.467. The van der Waals surface area contributed by atoms with Crippen molar-refractivity contribution >= 4 is 12.0 Å². The van der Waals surface area contributed by atoms with Crippen LogP contribution in [-0.2, 0) is 18.3 Å². The Balaban J connectivity index is 2.44. The zero-order valence-corrected chi connectivity index (χ0v) is 11.5. The number of carboxylic acid groups (broad SMARTS) is 1. The van der Waals surface area contributed by atoms with Crippen LogP contribution in [0, 0.1) is 0 Å². The Hall–Kier alpha value is -2.05. The van der Waals surface area contributed by atoms with E-state index in [1.54, 1.807) is 20.0 Å². The normalized spacial score (nSPS) is 10.5. The van der Waals surface area contributed by atoms with E-state index in [0.29, 0.717) is 13.0 Å². The number of aromatic nitrogens is 2. The Morgan fingerprint density at radius 1 is 1.53 bits per heavy atom. The van der Waals surface area contributed by atoms with Crippen LogP contribution in [-0.4, -0.2) is 50.7 Å². The number of carboxylic acids is 1. The molecule has 0 atom stereocenters. The molecule has 19 heavy (non-hydrogen) atoms. The van der Waals surface area contributed by atoms with Gasteiger partial charge in [-0.1, -0.05) is 0 Å². The van der Waals surface area contributed by atoms with Gasteiger partial charge in [0, 0.05) is 38.4 Å². The highest BCUT2D eigenvalue weighted by Gasteiger charge is 2.19. The molecular formula is C12H20N4O3. The molecule has 1 aromatic rings. The molecule has 0 saturated carbocycles. The fraction of sp³-hybridized carbons (Fsp3) is 0.583. The molecule has 0 aliphatic rings. The Kier molecular flexibility index (Phi) is 5.35. The molecule has 106 valence electrons. The molecule has 0 aliphatic carbocycles. The van der Waals surface area contributed by atoms with Crippen LogP contribution in [0.15, 0.2) is 12.4 Å². The molecule has 0 bridgehead atoms. The van der Waals surface area contributed by atoms with Crippen molar-refractivity contribution in [1.82, 2.24) is 19.8 Å². The van der Waals surface area contributed by atoms with Crippen molar-refractivity contribution in [3.05, 3.63) is 18.2 Å². The molecule has 0 radical (unpaired) electrons. The number of nitrogens with zero attached hydrogens (tertiary/aromatic N) is 3. The second-order valence-corrected chi connectivity index (χ2v) is 4.55. The molecule has 7 heteroatoms. The van der Waals surface area contributed by atoms with Gasteiger partial charge < -0.3 is 19.9 Å². The van der Waals surface area contributed by atoms with Crippen LogP contribution >= 0.6 is 0 Å². The minimum Gasteiger partial charge on any atom is -0.480 e. The number of carbonyl (C=O) groups is 2. The van der Waals surface area contributed by atoms with E-state index < -0.39 is 5.97 Å². The Morgan fingerprint density at radius 3 is 2.68 bits per heavy atom. The molecule has 1 heterocycles. The molecule has 1 aromatic heterocycles. The second kappa shape index (κ2) is 6.77. The minimum absolute atomic E-state index is 0.163. The number of imidazole rings is 1. The zero-order valence-electron chi connectivity index (χ0n) is 11.5. The van der Waals surface area contributed by atoms with Gasteiger partial charge in [0.15, 0.2) is 0 Å². The number of aliphatic carboxylic acids is 1. The van der Waals surface area contributed by atoms with Gasteiger partial charge in [-0.25, -0.2) is 9.78 Å². The van der Waals surface area contributed by atoms with Crippen molar-refractivity contribution in [2.24, 2.45) is 7.05 Å². The number of aryl methyl sites for hydroxylation is 1. The molecule has 0 saturated heterocycles. The van der Waals surface area contributed by atoms with Gasteiger partial charge in [-0.05, 0) is 13.8 Å². The van der Waals surface area contributed by atoms with Gasteiger partial charge in [0.05, 0.1) is 0 Å². The summed E-state index contributed by atoms with van der Waals surface area (Å²) in [6, 6.07) is -0.532. The van der Waals surface area contributed by atoms with E-state index in [4.69, 9.17) is 5.11 Å². The standard InChI is InChI=1S/C12H20N4O3/c1-9(2)16(8-11(17)18)12(19)14-5-4-10-13-6-7-15(10)3/h6-7,9H,4-5,8H2,1-3H3,(H,14,19)(H,17,18). The SMILES string of the molecule is CC(C)N(CC(=O)O)C(=O)NCCc1nccn1C. The molecule has 2 N–H and O–H groups in total. The summed E-state index contributed by atoms with van der Waals surface area (Å²) >= 11 is 0. The lowest BCUT2D eigenvalue weighted by Crippen LogP contribution is -2.47. The summed E-state index contributed by atoms with van der Waals surface area (Å²) < 4.78 is 1.88. The van der Waals surface area contributed by atoms with E-state index in [2.05, 4.69) is 10.3 Å². The van der Waals surface area contributed by atoms with E-state index in [9.17, 15) is 9.59 Å². The molecular weight excluding hydrogens is 248 g/mol. The zero-order chi connectivity index (χ0) is 14.4. The van der Waals surface area contributed by atoms with Gasteiger partial charge >= 0.3 is 12.0 Å². The van der Waals surface area contributed by atoms with Gasteiger partial charge in [0.1, 0.15) is 12.4 Å². The lowest BCUT2D eigenvalue weighted by atomic mass is 10.3. The van der Waals surface area contributed by atoms with Crippen LogP contribution < -0.4 is 5.32 Å². The molecule has 0 fully saturated rings. The summed E-state index contributed by atoms with van der Waals surface area (Å²) in [7, 11) is 1.88. The largest absolute Gasteiger partial charge is 0.480 e. The highest BCUT2D eigenvalue weighted by Crippen LogP contribution is 1.99. The van der Waals surface area contributed by atoms with E-state index in [1.165, 1.54) is 4.90 Å². The third kappa shape index (κ3) is 4.61.